The molecule has 0 saturated carbocycles. The van der Waals surface area contributed by atoms with Crippen molar-refractivity contribution in [1.29, 1.82) is 0 Å². The van der Waals surface area contributed by atoms with E-state index in [0.717, 1.165) is 5.69 Å². The van der Waals surface area contributed by atoms with Crippen molar-refractivity contribution in [2.45, 2.75) is 32.7 Å². The van der Waals surface area contributed by atoms with Crippen LogP contribution in [0.5, 0.6) is 0 Å². The first-order valence-corrected chi connectivity index (χ1v) is 5.56. The Morgan fingerprint density at radius 3 is 2.00 bits per heavy atom. The maximum atomic E-state index is 11.7. The van der Waals surface area contributed by atoms with Gasteiger partial charge in [0.25, 0.3) is 0 Å². The van der Waals surface area contributed by atoms with Gasteiger partial charge in [0.15, 0.2) is 0 Å². The highest BCUT2D eigenvalue weighted by Gasteiger charge is 2.14. The Morgan fingerprint density at radius 2 is 1.65 bits per heavy atom. The maximum absolute atomic E-state index is 11.7. The first-order chi connectivity index (χ1) is 7.43. The topological polar surface area (TPSA) is 46.3 Å². The highest BCUT2D eigenvalue weighted by molar-refractivity contribution is 5.96. The van der Waals surface area contributed by atoms with Crippen LogP contribution >= 0.6 is 12.4 Å². The molecule has 0 heterocycles. The van der Waals surface area contributed by atoms with Crippen molar-refractivity contribution < 1.29 is 4.79 Å². The fourth-order valence-corrected chi connectivity index (χ4v) is 1.52. The molecule has 96 valence electrons. The lowest BCUT2D eigenvalue weighted by Crippen LogP contribution is -2.39. The normalized spacial score (nSPS) is 11.9. The summed E-state index contributed by atoms with van der Waals surface area (Å²) in [5.41, 5.74) is 7.71. The van der Waals surface area contributed by atoms with Crippen LogP contribution in [0.4, 0.5) is 5.69 Å². The van der Waals surface area contributed by atoms with Crippen molar-refractivity contribution in [3.63, 3.8) is 0 Å². The predicted octanol–water partition coefficient (Wildman–Crippen LogP) is 2.54. The van der Waals surface area contributed by atoms with Crippen LogP contribution in [0.2, 0.25) is 0 Å². The van der Waals surface area contributed by atoms with Gasteiger partial charge in [-0.25, -0.2) is 0 Å². The monoisotopic (exact) mass is 256 g/mol. The highest BCUT2D eigenvalue weighted by atomic mass is 35.5. The van der Waals surface area contributed by atoms with Gasteiger partial charge in [0.1, 0.15) is 0 Å². The number of hydrogen-bond donors (Lipinski definition) is 1. The van der Waals surface area contributed by atoms with Crippen molar-refractivity contribution in [2.24, 2.45) is 5.73 Å². The largest absolute Gasteiger partial charge is 0.320 e. The number of carbonyl (C=O) groups excluding carboxylic acids is 1. The van der Waals surface area contributed by atoms with E-state index in [1.165, 1.54) is 5.56 Å². The van der Waals surface area contributed by atoms with Crippen LogP contribution in [-0.2, 0) is 4.79 Å². The van der Waals surface area contributed by atoms with Crippen molar-refractivity contribution >= 4 is 24.0 Å². The van der Waals surface area contributed by atoms with E-state index in [2.05, 4.69) is 13.8 Å². The third-order valence-corrected chi connectivity index (χ3v) is 2.67. The summed E-state index contributed by atoms with van der Waals surface area (Å²) >= 11 is 0. The lowest BCUT2D eigenvalue weighted by atomic mass is 10.0. The standard InChI is InChI=1S/C13H20N2O.ClH/c1-9(2)11-5-7-12(8-6-11)15(4)13(16)10(3)14;/h5-10H,14H2,1-4H3;1H. The molecular formula is C13H21ClN2O. The lowest BCUT2D eigenvalue weighted by molar-refractivity contribution is -0.119. The molecule has 0 aliphatic heterocycles. The van der Waals surface area contributed by atoms with E-state index < -0.39 is 6.04 Å². The molecule has 1 rings (SSSR count). The zero-order chi connectivity index (χ0) is 12.3. The van der Waals surface area contributed by atoms with Gasteiger partial charge in [0.05, 0.1) is 6.04 Å². The highest BCUT2D eigenvalue weighted by Crippen LogP contribution is 2.19. The van der Waals surface area contributed by atoms with Gasteiger partial charge in [0, 0.05) is 12.7 Å². The average molecular weight is 257 g/mol. The Kier molecular flexibility index (Phi) is 6.21. The van der Waals surface area contributed by atoms with Gasteiger partial charge in [-0.1, -0.05) is 26.0 Å². The van der Waals surface area contributed by atoms with Gasteiger partial charge in [-0.2, -0.15) is 0 Å². The van der Waals surface area contributed by atoms with E-state index >= 15 is 0 Å². The van der Waals surface area contributed by atoms with Gasteiger partial charge in [-0.05, 0) is 30.5 Å². The smallest absolute Gasteiger partial charge is 0.243 e. The van der Waals surface area contributed by atoms with E-state index in [1.807, 2.05) is 24.3 Å². The van der Waals surface area contributed by atoms with Crippen molar-refractivity contribution in [1.82, 2.24) is 0 Å². The van der Waals surface area contributed by atoms with E-state index in [-0.39, 0.29) is 18.3 Å². The summed E-state index contributed by atoms with van der Waals surface area (Å²) < 4.78 is 0. The van der Waals surface area contributed by atoms with Crippen LogP contribution in [0, 0.1) is 0 Å². The zero-order valence-corrected chi connectivity index (χ0v) is 11.6. The van der Waals surface area contributed by atoms with Crippen LogP contribution in [0.1, 0.15) is 32.3 Å². The summed E-state index contributed by atoms with van der Waals surface area (Å²) in [5.74, 6) is 0.431. The van der Waals surface area contributed by atoms with E-state index in [9.17, 15) is 4.79 Å². The summed E-state index contributed by atoms with van der Waals surface area (Å²) in [4.78, 5) is 13.3. The molecule has 0 fully saturated rings. The Balaban J connectivity index is 0.00000256. The number of halogens is 1. The molecule has 17 heavy (non-hydrogen) atoms. The molecule has 1 unspecified atom stereocenters. The summed E-state index contributed by atoms with van der Waals surface area (Å²) in [6, 6.07) is 7.54. The Bertz CT molecular complexity index is 360. The predicted molar refractivity (Wildman–Crippen MR) is 74.8 cm³/mol. The average Bonchev–Trinajstić information content (AvgIpc) is 2.27. The fraction of sp³-hybridized carbons (Fsp3) is 0.462. The summed E-state index contributed by atoms with van der Waals surface area (Å²) in [7, 11) is 1.75. The van der Waals surface area contributed by atoms with Crippen LogP contribution < -0.4 is 10.6 Å². The molecule has 3 nitrogen and oxygen atoms in total. The zero-order valence-electron chi connectivity index (χ0n) is 10.8. The Hall–Kier alpha value is -1.06. The van der Waals surface area contributed by atoms with Crippen LogP contribution in [0.25, 0.3) is 0 Å². The van der Waals surface area contributed by atoms with E-state index in [1.54, 1.807) is 18.9 Å². The second-order valence-corrected chi connectivity index (χ2v) is 4.43. The van der Waals surface area contributed by atoms with Crippen LogP contribution in [0.15, 0.2) is 24.3 Å². The third-order valence-electron chi connectivity index (χ3n) is 2.67. The molecule has 0 aromatic heterocycles. The number of anilines is 1. The summed E-state index contributed by atoms with van der Waals surface area (Å²) in [6.07, 6.45) is 0. The van der Waals surface area contributed by atoms with Gasteiger partial charge < -0.3 is 10.6 Å². The molecule has 0 aliphatic carbocycles. The van der Waals surface area contributed by atoms with Gasteiger partial charge in [-0.3, -0.25) is 4.79 Å². The second kappa shape index (κ2) is 6.62. The van der Waals surface area contributed by atoms with Gasteiger partial charge in [0.2, 0.25) is 5.91 Å². The molecule has 2 N–H and O–H groups in total. The molecule has 0 spiro atoms. The molecule has 4 heteroatoms. The summed E-state index contributed by atoms with van der Waals surface area (Å²) in [6.45, 7) is 5.99. The Morgan fingerprint density at radius 1 is 1.18 bits per heavy atom. The molecular weight excluding hydrogens is 236 g/mol. The molecule has 1 aromatic rings. The number of amides is 1. The number of carbonyl (C=O) groups is 1. The number of benzene rings is 1. The maximum Gasteiger partial charge on any atom is 0.243 e. The minimum atomic E-state index is -0.463. The van der Waals surface area contributed by atoms with E-state index in [0.29, 0.717) is 5.92 Å². The van der Waals surface area contributed by atoms with Gasteiger partial charge in [-0.15, -0.1) is 12.4 Å². The van der Waals surface area contributed by atoms with Crippen LogP contribution in [0.3, 0.4) is 0 Å². The Labute approximate surface area is 109 Å². The number of likely N-dealkylation sites (N-methyl/N-ethyl adjacent to an activating group) is 1. The number of nitrogens with zero attached hydrogens (tertiary/aromatic N) is 1. The minimum Gasteiger partial charge on any atom is -0.320 e. The van der Waals surface area contributed by atoms with Crippen molar-refractivity contribution in [3.8, 4) is 0 Å². The minimum absolute atomic E-state index is 0. The molecule has 0 aliphatic rings. The molecule has 1 atom stereocenters. The number of nitrogens with two attached hydrogens (primary N) is 1. The van der Waals surface area contributed by atoms with Crippen LogP contribution in [-0.4, -0.2) is 19.0 Å². The second-order valence-electron chi connectivity index (χ2n) is 4.43. The molecule has 0 bridgehead atoms. The fourth-order valence-electron chi connectivity index (χ4n) is 1.52. The molecule has 0 radical (unpaired) electrons. The molecule has 1 aromatic carbocycles. The summed E-state index contributed by atoms with van der Waals surface area (Å²) in [5, 5.41) is 0. The first kappa shape index (κ1) is 15.9. The van der Waals surface area contributed by atoms with E-state index in [4.69, 9.17) is 5.73 Å². The first-order valence-electron chi connectivity index (χ1n) is 5.56. The molecule has 0 saturated heterocycles. The van der Waals surface area contributed by atoms with Crippen molar-refractivity contribution in [2.75, 3.05) is 11.9 Å². The number of rotatable bonds is 3. The third kappa shape index (κ3) is 4.02. The quantitative estimate of drug-likeness (QED) is 0.904. The lowest BCUT2D eigenvalue weighted by Gasteiger charge is -2.20. The van der Waals surface area contributed by atoms with Crippen molar-refractivity contribution in [3.05, 3.63) is 29.8 Å². The van der Waals surface area contributed by atoms with Gasteiger partial charge >= 0.3 is 0 Å². The molecule has 1 amide bonds. The number of hydrogen-bond acceptors (Lipinski definition) is 2. The SMILES string of the molecule is CC(N)C(=O)N(C)c1ccc(C(C)C)cc1.Cl.